The number of methoxy groups -OCH3 is 2. The normalized spacial score (nSPS) is 14.6. The van der Waals surface area contributed by atoms with Crippen molar-refractivity contribution in [2.45, 2.75) is 6.54 Å². The van der Waals surface area contributed by atoms with E-state index in [-0.39, 0.29) is 0 Å². The van der Waals surface area contributed by atoms with E-state index in [1.807, 2.05) is 30.5 Å². The van der Waals surface area contributed by atoms with Gasteiger partial charge in [0.25, 0.3) is 5.89 Å². The third-order valence-electron chi connectivity index (χ3n) is 5.77. The number of hydrogen-bond acceptors (Lipinski definition) is 8. The highest BCUT2D eigenvalue weighted by Crippen LogP contribution is 2.29. The average molecular weight is 431 g/mol. The van der Waals surface area contributed by atoms with E-state index in [1.54, 1.807) is 14.2 Å². The molecule has 0 N–H and O–H groups in total. The molecule has 8 nitrogen and oxygen atoms in total. The smallest absolute Gasteiger partial charge is 0.258 e. The molecule has 1 aliphatic heterocycles. The van der Waals surface area contributed by atoms with Crippen molar-refractivity contribution in [3.05, 3.63) is 60.6 Å². The van der Waals surface area contributed by atoms with Crippen molar-refractivity contribution in [3.63, 3.8) is 0 Å². The number of benzene rings is 2. The molecule has 2 aromatic heterocycles. The lowest BCUT2D eigenvalue weighted by atomic mass is 10.1. The van der Waals surface area contributed by atoms with Crippen molar-refractivity contribution >= 4 is 16.6 Å². The van der Waals surface area contributed by atoms with Crippen LogP contribution < -0.4 is 14.4 Å². The van der Waals surface area contributed by atoms with E-state index in [1.165, 1.54) is 11.1 Å². The van der Waals surface area contributed by atoms with E-state index in [0.29, 0.717) is 29.8 Å². The maximum absolute atomic E-state index is 5.51. The molecule has 2 aromatic carbocycles. The van der Waals surface area contributed by atoms with Crippen molar-refractivity contribution in [2.24, 2.45) is 0 Å². The van der Waals surface area contributed by atoms with Crippen molar-refractivity contribution in [3.8, 4) is 23.0 Å². The number of rotatable bonds is 6. The van der Waals surface area contributed by atoms with Gasteiger partial charge < -0.3 is 18.9 Å². The van der Waals surface area contributed by atoms with E-state index in [9.17, 15) is 0 Å². The van der Waals surface area contributed by atoms with Crippen LogP contribution in [0.15, 0.2) is 59.3 Å². The first-order valence-electron chi connectivity index (χ1n) is 10.6. The molecule has 5 rings (SSSR count). The van der Waals surface area contributed by atoms with E-state index in [2.05, 4.69) is 49.2 Å². The summed E-state index contributed by atoms with van der Waals surface area (Å²) in [5.74, 6) is 2.49. The molecule has 0 aliphatic carbocycles. The molecule has 164 valence electrons. The predicted octanol–water partition coefficient (Wildman–Crippen LogP) is 3.62. The number of fused-ring (bicyclic) bond motifs is 1. The van der Waals surface area contributed by atoms with Gasteiger partial charge in [-0.15, -0.1) is 0 Å². The Kier molecular flexibility index (Phi) is 5.60. The molecule has 0 amide bonds. The van der Waals surface area contributed by atoms with Gasteiger partial charge in [0, 0.05) is 55.1 Å². The van der Waals surface area contributed by atoms with Gasteiger partial charge in [0.2, 0.25) is 0 Å². The summed E-state index contributed by atoms with van der Waals surface area (Å²) in [5, 5.41) is 5.38. The highest BCUT2D eigenvalue weighted by molar-refractivity contribution is 5.91. The van der Waals surface area contributed by atoms with Crippen LogP contribution >= 0.6 is 0 Å². The van der Waals surface area contributed by atoms with Crippen LogP contribution in [0.25, 0.3) is 22.4 Å². The summed E-state index contributed by atoms with van der Waals surface area (Å²) in [7, 11) is 3.23. The summed E-state index contributed by atoms with van der Waals surface area (Å²) in [6, 6.07) is 15.9. The fraction of sp³-hybridized carbons (Fsp3) is 0.292. The SMILES string of the molecule is COc1cc(OC)cc(-c2nc(CN3CCN(c4ccnc5ccccc45)CC3)no2)c1. The molecule has 4 aromatic rings. The lowest BCUT2D eigenvalue weighted by molar-refractivity contribution is 0.240. The van der Waals surface area contributed by atoms with Crippen LogP contribution in [0.5, 0.6) is 11.5 Å². The fourth-order valence-electron chi connectivity index (χ4n) is 4.07. The van der Waals surface area contributed by atoms with Crippen molar-refractivity contribution in [1.82, 2.24) is 20.0 Å². The number of pyridine rings is 1. The molecule has 0 atom stereocenters. The summed E-state index contributed by atoms with van der Waals surface area (Å²) in [6.07, 6.45) is 1.89. The van der Waals surface area contributed by atoms with Crippen LogP contribution in [0.4, 0.5) is 5.69 Å². The second kappa shape index (κ2) is 8.84. The van der Waals surface area contributed by atoms with Crippen molar-refractivity contribution < 1.29 is 14.0 Å². The molecule has 0 bridgehead atoms. The van der Waals surface area contributed by atoms with Gasteiger partial charge in [0.1, 0.15) is 11.5 Å². The molecular formula is C24H25N5O3. The van der Waals surface area contributed by atoms with Gasteiger partial charge in [-0.3, -0.25) is 9.88 Å². The van der Waals surface area contributed by atoms with E-state index in [4.69, 9.17) is 14.0 Å². The maximum atomic E-state index is 5.51. The van der Waals surface area contributed by atoms with E-state index < -0.39 is 0 Å². The monoisotopic (exact) mass is 431 g/mol. The molecule has 32 heavy (non-hydrogen) atoms. The van der Waals surface area contributed by atoms with Gasteiger partial charge in [-0.05, 0) is 24.3 Å². The number of nitrogens with zero attached hydrogens (tertiary/aromatic N) is 5. The van der Waals surface area contributed by atoms with Crippen LogP contribution in [0.1, 0.15) is 5.82 Å². The minimum atomic E-state index is 0.457. The molecule has 3 heterocycles. The Bertz CT molecular complexity index is 1190. The summed E-state index contributed by atoms with van der Waals surface area (Å²) < 4.78 is 16.2. The molecule has 0 radical (unpaired) electrons. The number of aromatic nitrogens is 3. The largest absolute Gasteiger partial charge is 0.497 e. The third kappa shape index (κ3) is 4.09. The highest BCUT2D eigenvalue weighted by atomic mass is 16.5. The van der Waals surface area contributed by atoms with E-state index >= 15 is 0 Å². The van der Waals surface area contributed by atoms with Gasteiger partial charge in [0.15, 0.2) is 5.82 Å². The molecule has 0 spiro atoms. The molecule has 1 saturated heterocycles. The zero-order chi connectivity index (χ0) is 21.9. The van der Waals surface area contributed by atoms with Gasteiger partial charge >= 0.3 is 0 Å². The lowest BCUT2D eigenvalue weighted by Crippen LogP contribution is -2.46. The van der Waals surface area contributed by atoms with Crippen LogP contribution in [0, 0.1) is 0 Å². The number of anilines is 1. The van der Waals surface area contributed by atoms with E-state index in [0.717, 1.165) is 37.3 Å². The number of piperazine rings is 1. The summed E-state index contributed by atoms with van der Waals surface area (Å²) in [5.41, 5.74) is 3.04. The summed E-state index contributed by atoms with van der Waals surface area (Å²) in [6.45, 7) is 4.37. The zero-order valence-corrected chi connectivity index (χ0v) is 18.2. The van der Waals surface area contributed by atoms with Crippen molar-refractivity contribution in [2.75, 3.05) is 45.3 Å². The Morgan fingerprint density at radius 2 is 1.69 bits per heavy atom. The molecule has 8 heteroatoms. The zero-order valence-electron chi connectivity index (χ0n) is 18.2. The molecule has 0 unspecified atom stereocenters. The Morgan fingerprint density at radius 3 is 2.44 bits per heavy atom. The maximum Gasteiger partial charge on any atom is 0.258 e. The minimum absolute atomic E-state index is 0.457. The first-order valence-corrected chi connectivity index (χ1v) is 10.6. The fourth-order valence-corrected chi connectivity index (χ4v) is 4.07. The second-order valence-electron chi connectivity index (χ2n) is 7.73. The summed E-state index contributed by atoms with van der Waals surface area (Å²) >= 11 is 0. The first-order chi connectivity index (χ1) is 15.7. The van der Waals surface area contributed by atoms with Crippen LogP contribution in [-0.2, 0) is 6.54 Å². The van der Waals surface area contributed by atoms with Gasteiger partial charge in [-0.1, -0.05) is 23.4 Å². The standard InChI is InChI=1S/C24H25N5O3/c1-30-18-13-17(14-19(15-18)31-2)24-26-23(27-32-24)16-28-9-11-29(12-10-28)22-7-8-25-21-6-4-3-5-20(21)22/h3-8,13-15H,9-12,16H2,1-2H3. The van der Waals surface area contributed by atoms with Gasteiger partial charge in [-0.2, -0.15) is 4.98 Å². The topological polar surface area (TPSA) is 76.8 Å². The average Bonchev–Trinajstić information content (AvgIpc) is 3.32. The Hall–Kier alpha value is -3.65. The Morgan fingerprint density at radius 1 is 0.938 bits per heavy atom. The predicted molar refractivity (Wildman–Crippen MR) is 122 cm³/mol. The van der Waals surface area contributed by atoms with Crippen LogP contribution in [0.3, 0.4) is 0 Å². The number of ether oxygens (including phenoxy) is 2. The highest BCUT2D eigenvalue weighted by Gasteiger charge is 2.21. The Labute approximate surface area is 186 Å². The quantitative estimate of drug-likeness (QED) is 0.458. The molecule has 1 aliphatic rings. The Balaban J connectivity index is 1.25. The summed E-state index contributed by atoms with van der Waals surface area (Å²) in [4.78, 5) is 13.8. The molecular weight excluding hydrogens is 406 g/mol. The molecule has 0 saturated carbocycles. The third-order valence-corrected chi connectivity index (χ3v) is 5.77. The van der Waals surface area contributed by atoms with Gasteiger partial charge in [0.05, 0.1) is 26.3 Å². The second-order valence-corrected chi connectivity index (χ2v) is 7.73. The van der Waals surface area contributed by atoms with Crippen molar-refractivity contribution in [1.29, 1.82) is 0 Å². The molecule has 1 fully saturated rings. The lowest BCUT2D eigenvalue weighted by Gasteiger charge is -2.36. The van der Waals surface area contributed by atoms with Crippen LogP contribution in [0.2, 0.25) is 0 Å². The van der Waals surface area contributed by atoms with Gasteiger partial charge in [-0.25, -0.2) is 0 Å². The van der Waals surface area contributed by atoms with Crippen LogP contribution in [-0.4, -0.2) is 60.4 Å². The minimum Gasteiger partial charge on any atom is -0.497 e. The number of hydrogen-bond donors (Lipinski definition) is 0. The number of para-hydroxylation sites is 1. The first kappa shape index (κ1) is 20.3.